The molecule has 2 aliphatic rings. The molecule has 0 unspecified atom stereocenters. The Labute approximate surface area is 97.1 Å². The van der Waals surface area contributed by atoms with Crippen LogP contribution >= 0.6 is 0 Å². The number of hydrogen-bond donors (Lipinski definition) is 1. The molecule has 0 aromatic heterocycles. The molecule has 1 amide bonds. The van der Waals surface area contributed by atoms with Gasteiger partial charge in [0.15, 0.2) is 0 Å². The van der Waals surface area contributed by atoms with Crippen LogP contribution < -0.4 is 5.73 Å². The molecule has 1 saturated heterocycles. The Morgan fingerprint density at radius 1 is 1.19 bits per heavy atom. The van der Waals surface area contributed by atoms with Crippen LogP contribution in [0.3, 0.4) is 0 Å². The third kappa shape index (κ3) is 3.11. The summed E-state index contributed by atoms with van der Waals surface area (Å²) >= 11 is 0. The van der Waals surface area contributed by atoms with E-state index in [0.717, 1.165) is 25.9 Å². The second-order valence-electron chi connectivity index (χ2n) is 5.05. The maximum atomic E-state index is 11.7. The molecule has 92 valence electrons. The van der Waals surface area contributed by atoms with Gasteiger partial charge in [-0.1, -0.05) is 12.8 Å². The van der Waals surface area contributed by atoms with E-state index < -0.39 is 0 Å². The zero-order chi connectivity index (χ0) is 11.4. The number of ether oxygens (including phenoxy) is 1. The summed E-state index contributed by atoms with van der Waals surface area (Å²) in [5.74, 6) is 0.607. The summed E-state index contributed by atoms with van der Waals surface area (Å²) in [5, 5.41) is 0. The van der Waals surface area contributed by atoms with E-state index in [9.17, 15) is 4.79 Å². The van der Waals surface area contributed by atoms with E-state index in [2.05, 4.69) is 0 Å². The van der Waals surface area contributed by atoms with Crippen molar-refractivity contribution in [3.63, 3.8) is 0 Å². The molecule has 0 aromatic carbocycles. The fourth-order valence-electron chi connectivity index (χ4n) is 2.54. The average molecular weight is 226 g/mol. The molecule has 2 rings (SSSR count). The Hall–Kier alpha value is -0.770. The largest absolute Gasteiger partial charge is 0.449 e. The smallest absolute Gasteiger partial charge is 0.409 e. The van der Waals surface area contributed by atoms with Crippen LogP contribution in [0.1, 0.15) is 38.5 Å². The van der Waals surface area contributed by atoms with Crippen LogP contribution in [0.5, 0.6) is 0 Å². The Balaban J connectivity index is 1.67. The molecule has 4 heteroatoms. The fraction of sp³-hybridized carbons (Fsp3) is 0.917. The predicted octanol–water partition coefficient (Wildman–Crippen LogP) is 1.74. The Kier molecular flexibility index (Phi) is 4.04. The summed E-state index contributed by atoms with van der Waals surface area (Å²) < 4.78 is 5.35. The van der Waals surface area contributed by atoms with Crippen molar-refractivity contribution < 1.29 is 9.53 Å². The average Bonchev–Trinajstić information content (AvgIpc) is 2.80. The lowest BCUT2D eigenvalue weighted by atomic mass is 10.1. The van der Waals surface area contributed by atoms with Crippen molar-refractivity contribution >= 4 is 6.09 Å². The molecule has 1 heterocycles. The van der Waals surface area contributed by atoms with E-state index in [1.165, 1.54) is 25.7 Å². The third-order valence-electron chi connectivity index (χ3n) is 3.72. The van der Waals surface area contributed by atoms with Crippen LogP contribution in [0, 0.1) is 5.92 Å². The van der Waals surface area contributed by atoms with Crippen molar-refractivity contribution in [2.75, 3.05) is 19.7 Å². The highest BCUT2D eigenvalue weighted by Gasteiger charge is 2.23. The first-order valence-corrected chi connectivity index (χ1v) is 6.43. The van der Waals surface area contributed by atoms with Crippen LogP contribution in [-0.4, -0.2) is 36.7 Å². The number of likely N-dealkylation sites (tertiary alicyclic amines) is 1. The van der Waals surface area contributed by atoms with Gasteiger partial charge in [0.05, 0.1) is 6.61 Å². The highest BCUT2D eigenvalue weighted by Crippen LogP contribution is 2.25. The Bertz CT molecular complexity index is 231. The quantitative estimate of drug-likeness (QED) is 0.780. The highest BCUT2D eigenvalue weighted by atomic mass is 16.6. The first-order valence-electron chi connectivity index (χ1n) is 6.43. The van der Waals surface area contributed by atoms with Gasteiger partial charge in [-0.2, -0.15) is 0 Å². The van der Waals surface area contributed by atoms with Crippen LogP contribution in [0.25, 0.3) is 0 Å². The van der Waals surface area contributed by atoms with Crippen LogP contribution in [0.4, 0.5) is 4.79 Å². The van der Waals surface area contributed by atoms with Gasteiger partial charge < -0.3 is 15.4 Å². The highest BCUT2D eigenvalue weighted by molar-refractivity contribution is 5.67. The molecule has 2 fully saturated rings. The predicted molar refractivity (Wildman–Crippen MR) is 62.1 cm³/mol. The minimum atomic E-state index is -0.140. The molecule has 0 atom stereocenters. The first kappa shape index (κ1) is 11.7. The molecule has 1 saturated carbocycles. The summed E-state index contributed by atoms with van der Waals surface area (Å²) in [5.41, 5.74) is 5.79. The van der Waals surface area contributed by atoms with Gasteiger partial charge in [0.25, 0.3) is 0 Å². The second-order valence-corrected chi connectivity index (χ2v) is 5.05. The first-order chi connectivity index (χ1) is 7.75. The minimum Gasteiger partial charge on any atom is -0.449 e. The zero-order valence-electron chi connectivity index (χ0n) is 9.86. The molecule has 0 radical (unpaired) electrons. The molecule has 0 aromatic rings. The molecule has 0 spiro atoms. The topological polar surface area (TPSA) is 55.6 Å². The van der Waals surface area contributed by atoms with Crippen LogP contribution in [0.2, 0.25) is 0 Å². The monoisotopic (exact) mass is 226 g/mol. The lowest BCUT2D eigenvalue weighted by molar-refractivity contribution is 0.0803. The lowest BCUT2D eigenvalue weighted by Gasteiger charge is -2.29. The standard InChI is InChI=1S/C12H22N2O2/c13-11-5-7-14(8-6-11)12(15)16-9-10-3-1-2-4-10/h10-11H,1-9,13H2. The maximum Gasteiger partial charge on any atom is 0.409 e. The molecule has 0 bridgehead atoms. The number of hydrogen-bond acceptors (Lipinski definition) is 3. The summed E-state index contributed by atoms with van der Waals surface area (Å²) in [6.45, 7) is 2.12. The van der Waals surface area contributed by atoms with Crippen molar-refractivity contribution in [3.8, 4) is 0 Å². The number of piperidine rings is 1. The second kappa shape index (κ2) is 5.53. The molecule has 2 N–H and O–H groups in total. The number of amides is 1. The minimum absolute atomic E-state index is 0.140. The summed E-state index contributed by atoms with van der Waals surface area (Å²) in [7, 11) is 0. The number of carbonyl (C=O) groups excluding carboxylic acids is 1. The van der Waals surface area contributed by atoms with E-state index in [0.29, 0.717) is 12.5 Å². The van der Waals surface area contributed by atoms with E-state index in [1.807, 2.05) is 0 Å². The number of rotatable bonds is 2. The van der Waals surface area contributed by atoms with E-state index in [-0.39, 0.29) is 12.1 Å². The summed E-state index contributed by atoms with van der Waals surface area (Å²) in [6, 6.07) is 0.263. The Morgan fingerprint density at radius 3 is 2.44 bits per heavy atom. The van der Waals surface area contributed by atoms with Crippen molar-refractivity contribution in [2.45, 2.75) is 44.6 Å². The maximum absolute atomic E-state index is 11.7. The van der Waals surface area contributed by atoms with Gasteiger partial charge in [0.2, 0.25) is 0 Å². The molecule has 4 nitrogen and oxygen atoms in total. The van der Waals surface area contributed by atoms with Gasteiger partial charge in [-0.3, -0.25) is 0 Å². The molecule has 1 aliphatic carbocycles. The van der Waals surface area contributed by atoms with Crippen molar-refractivity contribution in [1.82, 2.24) is 4.90 Å². The fourth-order valence-corrected chi connectivity index (χ4v) is 2.54. The number of carbonyl (C=O) groups is 1. The normalized spacial score (nSPS) is 23.7. The SMILES string of the molecule is NC1CCN(C(=O)OCC2CCCC2)CC1. The van der Waals surface area contributed by atoms with E-state index >= 15 is 0 Å². The van der Waals surface area contributed by atoms with Crippen molar-refractivity contribution in [3.05, 3.63) is 0 Å². The summed E-state index contributed by atoms with van der Waals surface area (Å²) in [6.07, 6.45) is 6.69. The van der Waals surface area contributed by atoms with E-state index in [4.69, 9.17) is 10.5 Å². The van der Waals surface area contributed by atoms with Crippen molar-refractivity contribution in [1.29, 1.82) is 0 Å². The van der Waals surface area contributed by atoms with Crippen LogP contribution in [-0.2, 0) is 4.74 Å². The Morgan fingerprint density at radius 2 is 1.81 bits per heavy atom. The van der Waals surface area contributed by atoms with Gasteiger partial charge in [-0.15, -0.1) is 0 Å². The van der Waals surface area contributed by atoms with Gasteiger partial charge in [-0.05, 0) is 31.6 Å². The van der Waals surface area contributed by atoms with Crippen LogP contribution in [0.15, 0.2) is 0 Å². The van der Waals surface area contributed by atoms with Gasteiger partial charge in [0.1, 0.15) is 0 Å². The molecular formula is C12H22N2O2. The molecule has 16 heavy (non-hydrogen) atoms. The number of nitrogens with zero attached hydrogens (tertiary/aromatic N) is 1. The molecular weight excluding hydrogens is 204 g/mol. The van der Waals surface area contributed by atoms with Crippen molar-refractivity contribution in [2.24, 2.45) is 11.7 Å². The molecule has 1 aliphatic heterocycles. The van der Waals surface area contributed by atoms with E-state index in [1.54, 1.807) is 4.90 Å². The zero-order valence-corrected chi connectivity index (χ0v) is 9.86. The van der Waals surface area contributed by atoms with Gasteiger partial charge >= 0.3 is 6.09 Å². The third-order valence-corrected chi connectivity index (χ3v) is 3.72. The van der Waals surface area contributed by atoms with Gasteiger partial charge in [0, 0.05) is 19.1 Å². The van der Waals surface area contributed by atoms with Gasteiger partial charge in [-0.25, -0.2) is 4.79 Å². The lowest BCUT2D eigenvalue weighted by Crippen LogP contribution is -2.43. The summed E-state index contributed by atoms with van der Waals surface area (Å²) in [4.78, 5) is 13.5. The number of nitrogens with two attached hydrogens (primary N) is 1.